The van der Waals surface area contributed by atoms with Gasteiger partial charge in [0.2, 0.25) is 41.4 Å². The predicted molar refractivity (Wildman–Crippen MR) is 311 cm³/mol. The lowest BCUT2D eigenvalue weighted by molar-refractivity contribution is -0.889. The number of unbranched alkanes of at least 4 members (excludes halogenated alkanes) is 4. The van der Waals surface area contributed by atoms with Crippen molar-refractivity contribution in [1.29, 1.82) is 0 Å². The van der Waals surface area contributed by atoms with Gasteiger partial charge in [-0.25, -0.2) is 16.8 Å². The Morgan fingerprint density at radius 3 is 1.12 bits per heavy atom. The molecule has 0 aliphatic heterocycles. The van der Waals surface area contributed by atoms with E-state index in [2.05, 4.69) is 52.0 Å². The van der Waals surface area contributed by atoms with Crippen LogP contribution < -0.4 is 37.6 Å². The van der Waals surface area contributed by atoms with Crippen LogP contribution in [0.4, 0.5) is 0 Å². The molecule has 474 valence electrons. The Bertz CT molecular complexity index is 2400. The van der Waals surface area contributed by atoms with Crippen molar-refractivity contribution in [2.45, 2.75) is 146 Å². The number of amides is 7. The van der Waals surface area contributed by atoms with Gasteiger partial charge in [-0.1, -0.05) is 72.5 Å². The van der Waals surface area contributed by atoms with E-state index in [1.807, 2.05) is 62.8 Å². The van der Waals surface area contributed by atoms with Gasteiger partial charge in [-0.3, -0.25) is 33.6 Å². The zero-order valence-corrected chi connectivity index (χ0v) is 53.0. The van der Waals surface area contributed by atoms with Crippen LogP contribution in [0.1, 0.15) is 146 Å². The molecule has 82 heavy (non-hydrogen) atoms. The highest BCUT2D eigenvalue weighted by Gasteiger charge is 2.47. The topological polar surface area (TPSA) is 430 Å². The zero-order valence-electron chi connectivity index (χ0n) is 51.4. The molecule has 0 heterocycles. The molecule has 0 aromatic rings. The van der Waals surface area contributed by atoms with Crippen LogP contribution in [0.2, 0.25) is 0 Å². The minimum absolute atomic E-state index is 0.126. The molecule has 0 aromatic carbocycles. The second kappa shape index (κ2) is 37.1. The maximum atomic E-state index is 13.6. The highest BCUT2D eigenvalue weighted by Crippen LogP contribution is 2.44. The summed E-state index contributed by atoms with van der Waals surface area (Å²) in [7, 11) is -0.910. The lowest BCUT2D eigenvalue weighted by atomic mass is 9.64. The van der Waals surface area contributed by atoms with Crippen LogP contribution in [0.25, 0.3) is 20.9 Å². The first-order valence-corrected chi connectivity index (χ1v) is 31.3. The number of nitrogens with zero attached hydrogens (tertiary/aromatic N) is 8. The Hall–Kier alpha value is -5.35. The minimum Gasteiger partial charge on any atom is -0.748 e. The first kappa shape index (κ1) is 78.7. The number of azide groups is 2. The Kier molecular flexibility index (Phi) is 35.6. The van der Waals surface area contributed by atoms with E-state index in [1.54, 1.807) is 27.7 Å². The van der Waals surface area contributed by atoms with Crippen molar-refractivity contribution in [3.63, 3.8) is 0 Å². The number of nitrogens with two attached hydrogens (primary N) is 1. The number of rotatable bonds is 43. The average molecular weight is 1210 g/mol. The van der Waals surface area contributed by atoms with Crippen molar-refractivity contribution < 1.29 is 68.5 Å². The molecule has 3 unspecified atom stereocenters. The van der Waals surface area contributed by atoms with E-state index in [9.17, 15) is 59.5 Å². The molecule has 7 amide bonds. The van der Waals surface area contributed by atoms with Gasteiger partial charge in [0.15, 0.2) is 0 Å². The predicted octanol–water partition coefficient (Wildman–Crippen LogP) is 3.20. The van der Waals surface area contributed by atoms with Crippen LogP contribution in [0.3, 0.4) is 0 Å². The van der Waals surface area contributed by atoms with Crippen molar-refractivity contribution in [3.05, 3.63) is 20.9 Å². The summed E-state index contributed by atoms with van der Waals surface area (Å²) >= 11 is 0. The summed E-state index contributed by atoms with van der Waals surface area (Å²) in [5.41, 5.74) is 17.5. The normalized spacial score (nSPS) is 14.3. The molecule has 28 nitrogen and oxygen atoms in total. The molecule has 0 radical (unpaired) electrons. The number of hydrogen-bond donors (Lipinski definition) is 7. The van der Waals surface area contributed by atoms with E-state index in [0.717, 1.165) is 25.7 Å². The van der Waals surface area contributed by atoms with Gasteiger partial charge in [0.25, 0.3) is 0 Å². The fraction of sp³-hybridized carbons (Fsp3) is 0.865. The number of carbonyl (C=O) groups is 7. The van der Waals surface area contributed by atoms with Gasteiger partial charge >= 0.3 is 0 Å². The molecule has 0 rings (SSSR count). The lowest BCUT2D eigenvalue weighted by Gasteiger charge is -2.41. The Morgan fingerprint density at radius 2 is 0.780 bits per heavy atom. The van der Waals surface area contributed by atoms with E-state index in [4.69, 9.17) is 16.8 Å². The monoisotopic (exact) mass is 1210 g/mol. The molecule has 8 N–H and O–H groups in total. The summed E-state index contributed by atoms with van der Waals surface area (Å²) in [6.07, 6.45) is 6.47. The third-order valence-electron chi connectivity index (χ3n) is 14.7. The molecule has 0 bridgehead atoms. The van der Waals surface area contributed by atoms with Crippen LogP contribution in [-0.2, 0) is 53.8 Å². The molecule has 3 atom stereocenters. The lowest BCUT2D eigenvalue weighted by Crippen LogP contribution is -2.51. The molecule has 0 spiro atoms. The number of primary amides is 1. The number of nitrogens with one attached hydrogen (secondary N) is 6. The number of likely N-dealkylation sites (N-methyl/N-ethyl adjacent to an activating group) is 2. The van der Waals surface area contributed by atoms with Crippen molar-refractivity contribution in [2.75, 3.05) is 118 Å². The van der Waals surface area contributed by atoms with Crippen LogP contribution in [0, 0.1) is 27.1 Å². The second-order valence-corrected chi connectivity index (χ2v) is 27.7. The molecule has 0 aliphatic carbocycles. The Labute approximate surface area is 488 Å². The van der Waals surface area contributed by atoms with E-state index in [0.29, 0.717) is 107 Å². The number of carbonyl (C=O) groups excluding carboxylic acids is 7. The number of hydrogen-bond acceptors (Lipinski definition) is 15. The van der Waals surface area contributed by atoms with Crippen LogP contribution in [0.5, 0.6) is 0 Å². The first-order valence-electron chi connectivity index (χ1n) is 28.1. The van der Waals surface area contributed by atoms with Crippen LogP contribution in [-0.4, -0.2) is 194 Å². The summed E-state index contributed by atoms with van der Waals surface area (Å²) in [4.78, 5) is 93.2. The average Bonchev–Trinajstić information content (AvgIpc) is 3.35. The van der Waals surface area contributed by atoms with Gasteiger partial charge in [-0.2, -0.15) is 0 Å². The fourth-order valence-corrected chi connectivity index (χ4v) is 10.3. The zero-order chi connectivity index (χ0) is 63.7. The maximum Gasteiger partial charge on any atom is 0.226 e. The van der Waals surface area contributed by atoms with Gasteiger partial charge < -0.3 is 55.7 Å². The molecule has 30 heteroatoms. The van der Waals surface area contributed by atoms with Crippen LogP contribution in [0.15, 0.2) is 10.2 Å². The molecular weight excluding hydrogens is 1110 g/mol. The molecule has 0 aromatic heterocycles. The number of quaternary nitrogens is 2. The third kappa shape index (κ3) is 35.6. The van der Waals surface area contributed by atoms with E-state index in [-0.39, 0.29) is 74.2 Å². The summed E-state index contributed by atoms with van der Waals surface area (Å²) in [5.74, 6) is -2.84. The standard InChI is InChI=1S/C28H54N8O7S.C24H47N7O6S/c1-8-27(4,24(39)33-15-17-36(6,7)16-12-18-44(41,42)43)21-28(5,20-26(2,3)23(29)38)25(40)32-14-11-9-10-13-31-22(37)19-34-35-30;1-7-24(4,22(34)28-14-16-31(5,6)15-11-17-38(35,36)37)19-23(2,3)21(33)27-13-10-8-9-12-26-20(32)18-29-30-25/h8-21H2,1-7H3,(H5-,29,31,32,33,37,38,39,40,41,42,43);7-19H2,1-6H3,(H3-,26,27,28,32,33,34,35,36,37). The smallest absolute Gasteiger partial charge is 0.226 e. The van der Waals surface area contributed by atoms with Crippen molar-refractivity contribution in [1.82, 2.24) is 31.9 Å². The Balaban J connectivity index is 0. The van der Waals surface area contributed by atoms with E-state index in [1.165, 1.54) is 0 Å². The molecular formula is C52H101N15O13S2. The third-order valence-corrected chi connectivity index (χ3v) is 16.3. The first-order chi connectivity index (χ1) is 37.6. The quantitative estimate of drug-likeness (QED) is 0.0115. The SMILES string of the molecule is CCC(C)(CC(C)(C)C(=O)NCCCCCNC(=O)CN=[N+]=[N-])C(=O)NCC[N+](C)(C)CCCS(=O)(=O)[O-].CCC(C)(CC(C)(CC(C)(C)C(N)=O)C(=O)NCCCCCNC(=O)CN=[N+]=[N-])C(=O)NCC[N+](C)(C)CCCS(=O)(=O)[O-]. The van der Waals surface area contributed by atoms with Gasteiger partial charge in [0.1, 0.15) is 13.1 Å². The molecule has 0 saturated carbocycles. The van der Waals surface area contributed by atoms with Crippen molar-refractivity contribution in [2.24, 2.45) is 43.0 Å². The summed E-state index contributed by atoms with van der Waals surface area (Å²) in [6, 6.07) is 0. The molecule has 0 fully saturated rings. The van der Waals surface area contributed by atoms with Crippen LogP contribution >= 0.6 is 0 Å². The fourth-order valence-electron chi connectivity index (χ4n) is 9.34. The van der Waals surface area contributed by atoms with Gasteiger partial charge in [0.05, 0.1) is 87.7 Å². The molecule has 0 aliphatic rings. The highest BCUT2D eigenvalue weighted by atomic mass is 32.2. The van der Waals surface area contributed by atoms with Crippen molar-refractivity contribution in [3.8, 4) is 0 Å². The van der Waals surface area contributed by atoms with E-state index < -0.39 is 64.7 Å². The largest absolute Gasteiger partial charge is 0.748 e. The summed E-state index contributed by atoms with van der Waals surface area (Å²) < 4.78 is 66.1. The molecule has 0 saturated heterocycles. The van der Waals surface area contributed by atoms with E-state index >= 15 is 0 Å². The second-order valence-electron chi connectivity index (χ2n) is 24.7. The summed E-state index contributed by atoms with van der Waals surface area (Å²) in [6.45, 7) is 20.2. The van der Waals surface area contributed by atoms with Crippen molar-refractivity contribution >= 4 is 61.6 Å². The minimum atomic E-state index is -4.28. The highest BCUT2D eigenvalue weighted by molar-refractivity contribution is 7.85. The summed E-state index contributed by atoms with van der Waals surface area (Å²) in [5, 5.41) is 23.5. The Morgan fingerprint density at radius 1 is 0.463 bits per heavy atom. The van der Waals surface area contributed by atoms with Gasteiger partial charge in [-0.15, -0.1) is 0 Å². The van der Waals surface area contributed by atoms with Gasteiger partial charge in [-0.05, 0) is 81.7 Å². The maximum absolute atomic E-state index is 13.6. The van der Waals surface area contributed by atoms with Gasteiger partial charge in [0, 0.05) is 87.4 Å².